The molecule has 4 rings (SSSR count). The smallest absolute Gasteiger partial charge is 0.130 e. The van der Waals surface area contributed by atoms with Crippen molar-refractivity contribution in [3.63, 3.8) is 0 Å². The number of aryl methyl sites for hydroxylation is 1. The summed E-state index contributed by atoms with van der Waals surface area (Å²) in [4.78, 5) is 2.54. The van der Waals surface area contributed by atoms with Crippen LogP contribution >= 0.6 is 0 Å². The topological polar surface area (TPSA) is 21.7 Å². The lowest BCUT2D eigenvalue weighted by atomic mass is 9.82. The van der Waals surface area contributed by atoms with Crippen LogP contribution in [0.5, 0.6) is 11.5 Å². The Morgan fingerprint density at radius 1 is 0.966 bits per heavy atom. The van der Waals surface area contributed by atoms with E-state index in [4.69, 9.17) is 9.47 Å². The Bertz CT molecular complexity index is 804. The average molecular weight is 396 g/mol. The van der Waals surface area contributed by atoms with E-state index in [1.165, 1.54) is 86.4 Å². The summed E-state index contributed by atoms with van der Waals surface area (Å²) in [5, 5.41) is 2.50. The van der Waals surface area contributed by atoms with E-state index in [0.29, 0.717) is 5.92 Å². The van der Waals surface area contributed by atoms with Crippen molar-refractivity contribution in [2.24, 2.45) is 0 Å². The third-order valence-electron chi connectivity index (χ3n) is 6.93. The van der Waals surface area contributed by atoms with Crippen LogP contribution in [0.2, 0.25) is 0 Å². The van der Waals surface area contributed by atoms with Crippen LogP contribution in [0.3, 0.4) is 0 Å². The number of piperidine rings is 1. The first-order chi connectivity index (χ1) is 14.3. The van der Waals surface area contributed by atoms with Gasteiger partial charge in [0.25, 0.3) is 0 Å². The van der Waals surface area contributed by atoms with E-state index < -0.39 is 0 Å². The van der Waals surface area contributed by atoms with Gasteiger partial charge in [-0.3, -0.25) is 4.90 Å². The highest BCUT2D eigenvalue weighted by molar-refractivity contribution is 5.92. The lowest BCUT2D eigenvalue weighted by Crippen LogP contribution is -2.33. The number of hydrogen-bond donors (Lipinski definition) is 0. The van der Waals surface area contributed by atoms with Crippen molar-refractivity contribution >= 4 is 10.8 Å². The van der Waals surface area contributed by atoms with Gasteiger partial charge in [-0.1, -0.05) is 44.7 Å². The maximum atomic E-state index is 6.43. The van der Waals surface area contributed by atoms with Gasteiger partial charge in [0.1, 0.15) is 18.1 Å². The van der Waals surface area contributed by atoms with Crippen molar-refractivity contribution in [1.82, 2.24) is 4.90 Å². The molecule has 1 heterocycles. The number of rotatable bonds is 7. The van der Waals surface area contributed by atoms with Crippen LogP contribution in [0.1, 0.15) is 75.3 Å². The zero-order chi connectivity index (χ0) is 20.1. The molecule has 0 N–H and O–H groups in total. The van der Waals surface area contributed by atoms with E-state index >= 15 is 0 Å². The Morgan fingerprint density at radius 2 is 1.72 bits per heavy atom. The third kappa shape index (κ3) is 4.71. The molecule has 158 valence electrons. The summed E-state index contributed by atoms with van der Waals surface area (Å²) >= 11 is 0. The third-order valence-corrected chi connectivity index (χ3v) is 6.93. The molecule has 2 aromatic rings. The van der Waals surface area contributed by atoms with E-state index in [1.54, 1.807) is 0 Å². The molecular formula is C26H37NO2. The van der Waals surface area contributed by atoms with Gasteiger partial charge in [-0.2, -0.15) is 0 Å². The van der Waals surface area contributed by atoms with Gasteiger partial charge >= 0.3 is 0 Å². The van der Waals surface area contributed by atoms with Gasteiger partial charge in [-0.15, -0.1) is 0 Å². The van der Waals surface area contributed by atoms with E-state index in [0.717, 1.165) is 31.1 Å². The summed E-state index contributed by atoms with van der Waals surface area (Å²) in [5.74, 6) is 2.74. The predicted molar refractivity (Wildman–Crippen MR) is 121 cm³/mol. The Morgan fingerprint density at radius 3 is 2.45 bits per heavy atom. The molecule has 0 unspecified atom stereocenters. The summed E-state index contributed by atoms with van der Waals surface area (Å²) in [7, 11) is 1.81. The molecule has 0 radical (unpaired) electrons. The molecule has 1 aliphatic carbocycles. The molecule has 1 saturated carbocycles. The van der Waals surface area contributed by atoms with Crippen molar-refractivity contribution in [2.45, 2.75) is 70.6 Å². The van der Waals surface area contributed by atoms with Crippen molar-refractivity contribution in [3.05, 3.63) is 35.4 Å². The number of benzene rings is 2. The highest BCUT2D eigenvalue weighted by Crippen LogP contribution is 2.42. The molecule has 0 bridgehead atoms. The standard InChI is InChI=1S/C26H37NO2/c1-3-20-12-13-22-18-23(21-10-6-4-7-11-21)25(28-2)19-24(22)26(20)29-17-16-27-14-8-5-9-15-27/h12-13,18-19,21H,3-11,14-17H2,1-2H3. The van der Waals surface area contributed by atoms with Crippen molar-refractivity contribution < 1.29 is 9.47 Å². The first-order valence-corrected chi connectivity index (χ1v) is 11.8. The van der Waals surface area contributed by atoms with Crippen molar-refractivity contribution in [3.8, 4) is 11.5 Å². The van der Waals surface area contributed by atoms with Crippen LogP contribution in [-0.2, 0) is 6.42 Å². The number of hydrogen-bond acceptors (Lipinski definition) is 3. The highest BCUT2D eigenvalue weighted by atomic mass is 16.5. The molecule has 1 aliphatic heterocycles. The van der Waals surface area contributed by atoms with Crippen LogP contribution in [0.15, 0.2) is 24.3 Å². The highest BCUT2D eigenvalue weighted by Gasteiger charge is 2.21. The first-order valence-electron chi connectivity index (χ1n) is 11.8. The molecule has 0 amide bonds. The monoisotopic (exact) mass is 395 g/mol. The minimum atomic E-state index is 0.637. The van der Waals surface area contributed by atoms with E-state index in [1.807, 2.05) is 7.11 Å². The number of nitrogens with zero attached hydrogens (tertiary/aromatic N) is 1. The second-order valence-corrected chi connectivity index (χ2v) is 8.81. The lowest BCUT2D eigenvalue weighted by molar-refractivity contribution is 0.183. The summed E-state index contributed by atoms with van der Waals surface area (Å²) < 4.78 is 12.3. The SMILES string of the molecule is CCc1ccc2cc(C3CCCCC3)c(OC)cc2c1OCCN1CCCCC1. The Balaban J connectivity index is 1.61. The van der Waals surface area contributed by atoms with Gasteiger partial charge in [0.05, 0.1) is 7.11 Å². The normalized spacial score (nSPS) is 18.8. The molecule has 0 spiro atoms. The Labute approximate surface area is 176 Å². The molecule has 0 atom stereocenters. The number of ether oxygens (including phenoxy) is 2. The van der Waals surface area contributed by atoms with Gasteiger partial charge in [-0.05, 0) is 79.8 Å². The van der Waals surface area contributed by atoms with Crippen molar-refractivity contribution in [2.75, 3.05) is 33.4 Å². The van der Waals surface area contributed by atoms with E-state index in [2.05, 4.69) is 36.1 Å². The van der Waals surface area contributed by atoms with Gasteiger partial charge in [0, 0.05) is 11.9 Å². The zero-order valence-electron chi connectivity index (χ0n) is 18.3. The molecule has 1 saturated heterocycles. The fourth-order valence-corrected chi connectivity index (χ4v) is 5.21. The summed E-state index contributed by atoms with van der Waals surface area (Å²) in [5.41, 5.74) is 2.69. The van der Waals surface area contributed by atoms with E-state index in [-0.39, 0.29) is 0 Å². The number of methoxy groups -OCH3 is 1. The van der Waals surface area contributed by atoms with Crippen molar-refractivity contribution in [1.29, 1.82) is 0 Å². The quantitative estimate of drug-likeness (QED) is 0.547. The second-order valence-electron chi connectivity index (χ2n) is 8.81. The van der Waals surface area contributed by atoms with Gasteiger partial charge < -0.3 is 9.47 Å². The number of fused-ring (bicyclic) bond motifs is 1. The largest absolute Gasteiger partial charge is 0.496 e. The maximum Gasteiger partial charge on any atom is 0.130 e. The lowest BCUT2D eigenvalue weighted by Gasteiger charge is -2.27. The van der Waals surface area contributed by atoms with Crippen LogP contribution in [0.25, 0.3) is 10.8 Å². The first kappa shape index (κ1) is 20.5. The fraction of sp³-hybridized carbons (Fsp3) is 0.615. The Kier molecular flexibility index (Phi) is 6.97. The minimum absolute atomic E-state index is 0.637. The van der Waals surface area contributed by atoms with Crippen LogP contribution in [0.4, 0.5) is 0 Å². The summed E-state index contributed by atoms with van der Waals surface area (Å²) in [6.45, 7) is 6.44. The average Bonchev–Trinajstić information content (AvgIpc) is 2.79. The van der Waals surface area contributed by atoms with Crippen LogP contribution < -0.4 is 9.47 Å². The Hall–Kier alpha value is -1.74. The summed E-state index contributed by atoms with van der Waals surface area (Å²) in [6.07, 6.45) is 11.6. The van der Waals surface area contributed by atoms with E-state index in [9.17, 15) is 0 Å². The number of likely N-dealkylation sites (tertiary alicyclic amines) is 1. The van der Waals surface area contributed by atoms with Gasteiger partial charge in [0.15, 0.2) is 0 Å². The molecule has 2 aromatic carbocycles. The fourth-order valence-electron chi connectivity index (χ4n) is 5.21. The molecule has 3 heteroatoms. The summed E-state index contributed by atoms with van der Waals surface area (Å²) in [6, 6.07) is 9.16. The van der Waals surface area contributed by atoms with Gasteiger partial charge in [0.2, 0.25) is 0 Å². The van der Waals surface area contributed by atoms with Crippen LogP contribution in [-0.4, -0.2) is 38.3 Å². The van der Waals surface area contributed by atoms with Gasteiger partial charge in [-0.25, -0.2) is 0 Å². The van der Waals surface area contributed by atoms with Crippen LogP contribution in [0, 0.1) is 0 Å². The molecule has 0 aromatic heterocycles. The zero-order valence-corrected chi connectivity index (χ0v) is 18.3. The molecule has 2 aliphatic rings. The minimum Gasteiger partial charge on any atom is -0.496 e. The predicted octanol–water partition coefficient (Wildman–Crippen LogP) is 6.32. The molecule has 29 heavy (non-hydrogen) atoms. The molecule has 2 fully saturated rings. The molecule has 3 nitrogen and oxygen atoms in total. The second kappa shape index (κ2) is 9.84. The maximum absolute atomic E-state index is 6.43. The molecular weight excluding hydrogens is 358 g/mol.